The van der Waals surface area contributed by atoms with E-state index >= 15 is 0 Å². The van der Waals surface area contributed by atoms with E-state index in [0.717, 1.165) is 31.2 Å². The highest BCUT2D eigenvalue weighted by Crippen LogP contribution is 2.55. The van der Waals surface area contributed by atoms with Crippen LogP contribution in [0.25, 0.3) is 0 Å². The van der Waals surface area contributed by atoms with Crippen molar-refractivity contribution in [3.63, 3.8) is 0 Å². The van der Waals surface area contributed by atoms with Crippen LogP contribution in [0.4, 0.5) is 0 Å². The molecule has 6 unspecified atom stereocenters. The van der Waals surface area contributed by atoms with Crippen molar-refractivity contribution in [3.8, 4) is 0 Å². The summed E-state index contributed by atoms with van der Waals surface area (Å²) in [4.78, 5) is 50.7. The van der Waals surface area contributed by atoms with Crippen LogP contribution in [0.5, 0.6) is 0 Å². The molecular weight excluding hydrogens is 648 g/mol. The highest BCUT2D eigenvalue weighted by atomic mass is 16.8. The van der Waals surface area contributed by atoms with E-state index in [1.807, 2.05) is 61.5 Å². The Morgan fingerprint density at radius 3 is 2.12 bits per heavy atom. The van der Waals surface area contributed by atoms with E-state index in [1.165, 1.54) is 5.56 Å². The summed E-state index contributed by atoms with van der Waals surface area (Å²) in [6.45, 7) is 4.10. The van der Waals surface area contributed by atoms with Gasteiger partial charge in [-0.2, -0.15) is 0 Å². The van der Waals surface area contributed by atoms with Crippen LogP contribution in [0.1, 0.15) is 76.3 Å². The van der Waals surface area contributed by atoms with E-state index in [4.69, 9.17) is 14.2 Å². The van der Waals surface area contributed by atoms with Crippen molar-refractivity contribution in [1.29, 1.82) is 0 Å². The van der Waals surface area contributed by atoms with Gasteiger partial charge in [0.1, 0.15) is 6.10 Å². The lowest BCUT2D eigenvalue weighted by atomic mass is 9.74. The molecule has 12 nitrogen and oxygen atoms in total. The molecule has 4 rings (SSSR count). The molecule has 0 radical (unpaired) electrons. The Labute approximate surface area is 291 Å². The molecule has 0 aliphatic carbocycles. The molecular formula is C38H48O12. The number of ether oxygens (including phenoxy) is 3. The quantitative estimate of drug-likeness (QED) is 0.0782. The van der Waals surface area contributed by atoms with Gasteiger partial charge in [0.25, 0.3) is 0 Å². The molecule has 12 heteroatoms. The van der Waals surface area contributed by atoms with Crippen LogP contribution in [-0.4, -0.2) is 84.7 Å². The Morgan fingerprint density at radius 2 is 1.52 bits per heavy atom. The van der Waals surface area contributed by atoms with Gasteiger partial charge in [-0.05, 0) is 61.5 Å². The zero-order chi connectivity index (χ0) is 36.5. The number of carboxylic acid groups (broad SMARTS) is 3. The number of unbranched alkanes of at least 4 members (excludes halogenated alkanes) is 1. The second-order valence-electron chi connectivity index (χ2n) is 13.6. The Bertz CT molecular complexity index is 1500. The SMILES string of the molecule is CC(/C=C/CCC(=O)O[C@@H]1[C@@H](O)C2(CCCCC(C)Cc3ccccc3)OC(C(=O)O)C(O)(C(=O)O)C1(C(=O)O)O2)CCCc1ccccc1. The first kappa shape index (κ1) is 38.7. The maximum Gasteiger partial charge on any atom is 0.344 e. The average Bonchev–Trinajstić information content (AvgIpc) is 3.29. The molecule has 0 spiro atoms. The molecule has 2 saturated heterocycles. The molecule has 0 saturated carbocycles. The van der Waals surface area contributed by atoms with E-state index in [1.54, 1.807) is 6.08 Å². The summed E-state index contributed by atoms with van der Waals surface area (Å²) < 4.78 is 16.6. The zero-order valence-corrected chi connectivity index (χ0v) is 28.5. The molecule has 0 amide bonds. The van der Waals surface area contributed by atoms with Gasteiger partial charge in [0, 0.05) is 12.8 Å². The van der Waals surface area contributed by atoms with Crippen LogP contribution in [-0.2, 0) is 46.2 Å². The normalized spacial score (nSPS) is 28.6. The number of aliphatic carboxylic acids is 3. The van der Waals surface area contributed by atoms with Crippen LogP contribution in [0, 0.1) is 11.8 Å². The number of hydrogen-bond acceptors (Lipinski definition) is 9. The fourth-order valence-electron chi connectivity index (χ4n) is 7.03. The molecule has 0 aromatic heterocycles. The number of aliphatic hydroxyl groups excluding tert-OH is 1. The van der Waals surface area contributed by atoms with Crippen LogP contribution >= 0.6 is 0 Å². The fraction of sp³-hybridized carbons (Fsp3) is 0.526. The number of benzene rings is 2. The van der Waals surface area contributed by atoms with Gasteiger partial charge in [0.05, 0.1) is 0 Å². The molecule has 50 heavy (non-hydrogen) atoms. The van der Waals surface area contributed by atoms with E-state index < -0.39 is 59.2 Å². The second kappa shape index (κ2) is 16.7. The van der Waals surface area contributed by atoms with Crippen molar-refractivity contribution < 1.29 is 58.9 Å². The highest BCUT2D eigenvalue weighted by molar-refractivity contribution is 5.98. The zero-order valence-electron chi connectivity index (χ0n) is 28.5. The minimum absolute atomic E-state index is 0.190. The number of esters is 1. The van der Waals surface area contributed by atoms with E-state index in [9.17, 15) is 44.7 Å². The second-order valence-corrected chi connectivity index (χ2v) is 13.6. The molecule has 5 N–H and O–H groups in total. The number of hydrogen-bond donors (Lipinski definition) is 5. The maximum absolute atomic E-state index is 13.1. The van der Waals surface area contributed by atoms with E-state index in [0.29, 0.717) is 12.8 Å². The molecule has 8 atom stereocenters. The minimum Gasteiger partial charge on any atom is -0.479 e. The summed E-state index contributed by atoms with van der Waals surface area (Å²) in [5.41, 5.74) is -4.78. The van der Waals surface area contributed by atoms with Gasteiger partial charge in [-0.1, -0.05) is 99.5 Å². The summed E-state index contributed by atoms with van der Waals surface area (Å²) in [5, 5.41) is 53.3. The van der Waals surface area contributed by atoms with Crippen LogP contribution < -0.4 is 0 Å². The molecule has 2 aliphatic heterocycles. The number of rotatable bonds is 19. The van der Waals surface area contributed by atoms with Gasteiger partial charge < -0.3 is 39.7 Å². The molecule has 2 aromatic rings. The van der Waals surface area contributed by atoms with Crippen molar-refractivity contribution >= 4 is 23.9 Å². The highest BCUT2D eigenvalue weighted by Gasteiger charge is 2.85. The molecule has 2 fully saturated rings. The number of aliphatic hydroxyl groups is 2. The molecule has 2 heterocycles. The third-order valence-electron chi connectivity index (χ3n) is 9.71. The van der Waals surface area contributed by atoms with Crippen molar-refractivity contribution in [2.24, 2.45) is 11.8 Å². The summed E-state index contributed by atoms with van der Waals surface area (Å²) in [6.07, 6.45) is 1.37. The summed E-state index contributed by atoms with van der Waals surface area (Å²) in [6, 6.07) is 20.0. The number of allylic oxidation sites excluding steroid dienone is 2. The number of aryl methyl sites for hydroxylation is 1. The largest absolute Gasteiger partial charge is 0.479 e. The number of carbonyl (C=O) groups excluding carboxylic acids is 1. The summed E-state index contributed by atoms with van der Waals surface area (Å²) >= 11 is 0. The Morgan fingerprint density at radius 1 is 0.880 bits per heavy atom. The Balaban J connectivity index is 1.44. The predicted octanol–water partition coefficient (Wildman–Crippen LogP) is 4.54. The fourth-order valence-corrected chi connectivity index (χ4v) is 7.03. The Kier molecular flexibility index (Phi) is 13.0. The first-order valence-corrected chi connectivity index (χ1v) is 17.2. The monoisotopic (exact) mass is 696 g/mol. The van der Waals surface area contributed by atoms with Crippen molar-refractivity contribution in [3.05, 3.63) is 83.9 Å². The standard InChI is InChI=1S/C38H48O12/c1-25(16-13-21-27-17-5-3-6-18-27)14-9-10-22-29(39)48-31-30(40)36(23-12-11-15-26(2)24-28-19-7-4-8-20-28)49-32(33(41)42)37(47,34(43)44)38(31,50-36)35(45)46/h3-9,14,17-20,25-26,30-32,40,47H,10-13,15-16,21-24H2,1-2H3,(H,41,42)(H,43,44)(H,45,46)/b14-9+/t25?,26?,30-,31-,32?,36?,37?,38?/m1/s1. The number of carbonyl (C=O) groups is 4. The van der Waals surface area contributed by atoms with Crippen molar-refractivity contribution in [2.45, 2.75) is 113 Å². The molecule has 2 bridgehead atoms. The number of carboxylic acids is 3. The van der Waals surface area contributed by atoms with Gasteiger partial charge in [-0.3, -0.25) is 4.79 Å². The minimum atomic E-state index is -3.78. The van der Waals surface area contributed by atoms with Gasteiger partial charge in [-0.25, -0.2) is 14.4 Å². The molecule has 2 aromatic carbocycles. The summed E-state index contributed by atoms with van der Waals surface area (Å²) in [5.74, 6) is -9.36. The van der Waals surface area contributed by atoms with Gasteiger partial charge in [-0.15, -0.1) is 0 Å². The van der Waals surface area contributed by atoms with Crippen molar-refractivity contribution in [1.82, 2.24) is 0 Å². The van der Waals surface area contributed by atoms with Crippen LogP contribution in [0.3, 0.4) is 0 Å². The number of fused-ring (bicyclic) bond motifs is 2. The first-order valence-electron chi connectivity index (χ1n) is 17.2. The third kappa shape index (κ3) is 8.26. The lowest BCUT2D eigenvalue weighted by molar-refractivity contribution is -0.374. The summed E-state index contributed by atoms with van der Waals surface area (Å²) in [7, 11) is 0. The molecule has 2 aliphatic rings. The predicted molar refractivity (Wildman–Crippen MR) is 180 cm³/mol. The average molecular weight is 697 g/mol. The van der Waals surface area contributed by atoms with E-state index in [2.05, 4.69) is 19.1 Å². The van der Waals surface area contributed by atoms with Gasteiger partial charge in [0.2, 0.25) is 23.1 Å². The maximum atomic E-state index is 13.1. The molecule has 272 valence electrons. The Hall–Kier alpha value is -4.10. The van der Waals surface area contributed by atoms with Gasteiger partial charge >= 0.3 is 23.9 Å². The van der Waals surface area contributed by atoms with Crippen molar-refractivity contribution in [2.75, 3.05) is 0 Å². The lowest BCUT2D eigenvalue weighted by Gasteiger charge is -2.48. The first-order chi connectivity index (χ1) is 23.8. The van der Waals surface area contributed by atoms with Crippen LogP contribution in [0.2, 0.25) is 0 Å². The van der Waals surface area contributed by atoms with Crippen LogP contribution in [0.15, 0.2) is 72.8 Å². The lowest BCUT2D eigenvalue weighted by Crippen LogP contribution is -2.78. The third-order valence-corrected chi connectivity index (χ3v) is 9.71. The topological polar surface area (TPSA) is 197 Å². The van der Waals surface area contributed by atoms with E-state index in [-0.39, 0.29) is 37.5 Å². The van der Waals surface area contributed by atoms with Gasteiger partial charge in [0.15, 0.2) is 6.10 Å². The smallest absolute Gasteiger partial charge is 0.344 e.